The molecule has 1 fully saturated rings. The number of rotatable bonds is 7. The fraction of sp³-hybridized carbons (Fsp3) is 0.320. The number of anilines is 1. The number of fused-ring (bicyclic) bond motifs is 1. The number of H-pyrrole nitrogens is 1. The molecular weight excluding hydrogens is 540 g/mol. The molecule has 4 heterocycles. The predicted molar refractivity (Wildman–Crippen MR) is 143 cm³/mol. The highest BCUT2D eigenvalue weighted by Crippen LogP contribution is 2.38. The summed E-state index contributed by atoms with van der Waals surface area (Å²) in [5.74, 6) is 0.303. The zero-order valence-corrected chi connectivity index (χ0v) is 22.6. The van der Waals surface area contributed by atoms with E-state index in [0.29, 0.717) is 45.7 Å². The molecule has 0 aliphatic carbocycles. The standard InChI is InChI=1S/C25H24Cl2FN5O3S/c1-14(22-18(26)9-29-10-19(22)27)36-16-4-5-21-17(7-16)23(32-31-21)15-6-20(28)24(30-8-15)33-11-25(2,12-33)13-37(3,34)35/h4-10,14H,11-13H2,1-3H3,(H,31,32)/t14-/m0/s1. The minimum Gasteiger partial charge on any atom is -0.486 e. The van der Waals surface area contributed by atoms with Gasteiger partial charge in [-0.25, -0.2) is 17.8 Å². The summed E-state index contributed by atoms with van der Waals surface area (Å²) in [6.45, 7) is 4.55. The van der Waals surface area contributed by atoms with E-state index in [1.54, 1.807) is 17.2 Å². The van der Waals surface area contributed by atoms with E-state index in [0.717, 1.165) is 10.9 Å². The molecule has 1 atom stereocenters. The average molecular weight is 564 g/mol. The maximum atomic E-state index is 15.1. The second-order valence-electron chi connectivity index (χ2n) is 9.82. The topological polar surface area (TPSA) is 101 Å². The Morgan fingerprint density at radius 2 is 1.89 bits per heavy atom. The molecule has 1 aromatic carbocycles. The SMILES string of the molecule is C[C@H](Oc1ccc2[nH]nc(-c3cnc(N4CC(C)(CS(C)(=O)=O)C4)c(F)c3)c2c1)c1c(Cl)cncc1Cl. The molecular formula is C25H24Cl2FN5O3S. The first-order valence-corrected chi connectivity index (χ1v) is 14.3. The zero-order valence-electron chi connectivity index (χ0n) is 20.3. The third kappa shape index (κ3) is 5.23. The zero-order chi connectivity index (χ0) is 26.5. The second-order valence-corrected chi connectivity index (χ2v) is 12.8. The van der Waals surface area contributed by atoms with Crippen molar-refractivity contribution in [3.8, 4) is 17.0 Å². The fourth-order valence-electron chi connectivity index (χ4n) is 4.90. The third-order valence-corrected chi connectivity index (χ3v) is 8.12. The Morgan fingerprint density at radius 3 is 2.54 bits per heavy atom. The lowest BCUT2D eigenvalue weighted by Crippen LogP contribution is -2.58. The minimum absolute atomic E-state index is 0.0536. The number of hydrogen-bond donors (Lipinski definition) is 1. The Hall–Kier alpha value is -2.95. The monoisotopic (exact) mass is 563 g/mol. The Morgan fingerprint density at radius 1 is 1.19 bits per heavy atom. The number of ether oxygens (including phenoxy) is 1. The summed E-state index contributed by atoms with van der Waals surface area (Å²) in [7, 11) is -3.13. The highest BCUT2D eigenvalue weighted by atomic mass is 35.5. The smallest absolute Gasteiger partial charge is 0.166 e. The van der Waals surface area contributed by atoms with E-state index >= 15 is 4.39 Å². The summed E-state index contributed by atoms with van der Waals surface area (Å²) in [6, 6.07) is 6.82. The molecule has 37 heavy (non-hydrogen) atoms. The molecule has 4 aromatic rings. The molecule has 0 bridgehead atoms. The van der Waals surface area contributed by atoms with Crippen LogP contribution in [0.25, 0.3) is 22.2 Å². The van der Waals surface area contributed by atoms with Crippen LogP contribution in [0.15, 0.2) is 42.9 Å². The van der Waals surface area contributed by atoms with Gasteiger partial charge in [0.15, 0.2) is 11.6 Å². The maximum absolute atomic E-state index is 15.1. The molecule has 194 valence electrons. The first kappa shape index (κ1) is 25.7. The normalized spacial score (nSPS) is 16.0. The van der Waals surface area contributed by atoms with Crippen LogP contribution in [0, 0.1) is 11.2 Å². The van der Waals surface area contributed by atoms with Crippen LogP contribution in [-0.4, -0.2) is 53.7 Å². The molecule has 0 radical (unpaired) electrons. The van der Waals surface area contributed by atoms with Crippen molar-refractivity contribution >= 4 is 49.8 Å². The second kappa shape index (κ2) is 9.41. The van der Waals surface area contributed by atoms with Gasteiger partial charge in [-0.1, -0.05) is 30.1 Å². The van der Waals surface area contributed by atoms with Crippen molar-refractivity contribution in [1.82, 2.24) is 20.2 Å². The van der Waals surface area contributed by atoms with Crippen molar-refractivity contribution in [1.29, 1.82) is 0 Å². The number of sulfone groups is 1. The van der Waals surface area contributed by atoms with Crippen LogP contribution in [0.5, 0.6) is 5.75 Å². The van der Waals surface area contributed by atoms with Gasteiger partial charge in [-0.05, 0) is 31.2 Å². The largest absolute Gasteiger partial charge is 0.486 e. The lowest BCUT2D eigenvalue weighted by Gasteiger charge is -2.48. The number of benzene rings is 1. The van der Waals surface area contributed by atoms with Gasteiger partial charge < -0.3 is 9.64 Å². The first-order valence-electron chi connectivity index (χ1n) is 11.4. The van der Waals surface area contributed by atoms with Gasteiger partial charge in [0.05, 0.1) is 21.3 Å². The van der Waals surface area contributed by atoms with Crippen LogP contribution >= 0.6 is 23.2 Å². The molecule has 1 aliphatic rings. The number of aromatic nitrogens is 4. The first-order chi connectivity index (χ1) is 17.4. The molecule has 0 spiro atoms. The number of pyridine rings is 2. The minimum atomic E-state index is -3.13. The van der Waals surface area contributed by atoms with E-state index < -0.39 is 27.2 Å². The lowest BCUT2D eigenvalue weighted by atomic mass is 9.84. The van der Waals surface area contributed by atoms with Crippen LogP contribution in [-0.2, 0) is 9.84 Å². The highest BCUT2D eigenvalue weighted by Gasteiger charge is 2.42. The molecule has 0 unspecified atom stereocenters. The van der Waals surface area contributed by atoms with Gasteiger partial charge in [-0.3, -0.25) is 10.1 Å². The number of nitrogens with zero attached hydrogens (tertiary/aromatic N) is 4. The third-order valence-electron chi connectivity index (χ3n) is 6.29. The molecule has 1 aliphatic heterocycles. The van der Waals surface area contributed by atoms with Crippen molar-refractivity contribution in [2.75, 3.05) is 30.0 Å². The van der Waals surface area contributed by atoms with Crippen molar-refractivity contribution in [2.24, 2.45) is 5.41 Å². The molecule has 1 saturated heterocycles. The van der Waals surface area contributed by atoms with Gasteiger partial charge in [-0.2, -0.15) is 5.10 Å². The van der Waals surface area contributed by atoms with Crippen LogP contribution in [0.3, 0.4) is 0 Å². The molecule has 1 N–H and O–H groups in total. The van der Waals surface area contributed by atoms with E-state index in [4.69, 9.17) is 27.9 Å². The number of aromatic amines is 1. The van der Waals surface area contributed by atoms with E-state index in [9.17, 15) is 8.42 Å². The van der Waals surface area contributed by atoms with Gasteiger partial charge in [0.2, 0.25) is 0 Å². The van der Waals surface area contributed by atoms with Crippen molar-refractivity contribution in [3.05, 3.63) is 64.3 Å². The summed E-state index contributed by atoms with van der Waals surface area (Å²) >= 11 is 12.5. The van der Waals surface area contributed by atoms with Gasteiger partial charge in [0.25, 0.3) is 0 Å². The maximum Gasteiger partial charge on any atom is 0.166 e. The van der Waals surface area contributed by atoms with E-state index in [-0.39, 0.29) is 11.6 Å². The molecule has 12 heteroatoms. The predicted octanol–water partition coefficient (Wildman–Crippen LogP) is 5.48. The van der Waals surface area contributed by atoms with E-state index in [1.807, 2.05) is 26.0 Å². The quantitative estimate of drug-likeness (QED) is 0.317. The lowest BCUT2D eigenvalue weighted by molar-refractivity contribution is 0.227. The van der Waals surface area contributed by atoms with Crippen LogP contribution in [0.1, 0.15) is 25.5 Å². The molecule has 0 amide bonds. The molecule has 3 aromatic heterocycles. The van der Waals surface area contributed by atoms with Crippen LogP contribution in [0.2, 0.25) is 10.0 Å². The van der Waals surface area contributed by atoms with Crippen LogP contribution in [0.4, 0.5) is 10.2 Å². The Labute approximate surface area is 223 Å². The summed E-state index contributed by atoms with van der Waals surface area (Å²) in [5, 5.41) is 8.87. The Balaban J connectivity index is 1.38. The Bertz CT molecular complexity index is 1590. The summed E-state index contributed by atoms with van der Waals surface area (Å²) in [4.78, 5) is 10.1. The van der Waals surface area contributed by atoms with Crippen molar-refractivity contribution in [2.45, 2.75) is 20.0 Å². The Kier molecular flexibility index (Phi) is 6.54. The van der Waals surface area contributed by atoms with Crippen molar-refractivity contribution < 1.29 is 17.5 Å². The van der Waals surface area contributed by atoms with Crippen LogP contribution < -0.4 is 9.64 Å². The molecule has 8 nitrogen and oxygen atoms in total. The van der Waals surface area contributed by atoms with Gasteiger partial charge in [0, 0.05) is 59.9 Å². The van der Waals surface area contributed by atoms with Crippen molar-refractivity contribution in [3.63, 3.8) is 0 Å². The number of hydrogen-bond acceptors (Lipinski definition) is 7. The fourth-order valence-corrected chi connectivity index (χ4v) is 7.02. The van der Waals surface area contributed by atoms with E-state index in [1.165, 1.54) is 24.7 Å². The van der Waals surface area contributed by atoms with E-state index in [2.05, 4.69) is 20.2 Å². The molecule has 0 saturated carbocycles. The molecule has 5 rings (SSSR count). The summed E-state index contributed by atoms with van der Waals surface area (Å²) in [5.41, 5.74) is 1.98. The summed E-state index contributed by atoms with van der Waals surface area (Å²) < 4.78 is 44.6. The summed E-state index contributed by atoms with van der Waals surface area (Å²) in [6.07, 6.45) is 5.35. The highest BCUT2D eigenvalue weighted by molar-refractivity contribution is 7.90. The average Bonchev–Trinajstić information content (AvgIpc) is 3.19. The van der Waals surface area contributed by atoms with Gasteiger partial charge in [-0.15, -0.1) is 0 Å². The number of halogens is 3. The number of nitrogens with one attached hydrogen (secondary N) is 1. The van der Waals surface area contributed by atoms with Gasteiger partial charge in [0.1, 0.15) is 27.4 Å². The van der Waals surface area contributed by atoms with Gasteiger partial charge >= 0.3 is 0 Å².